The van der Waals surface area contributed by atoms with Crippen LogP contribution in [0.15, 0.2) is 76.1 Å². The lowest BCUT2D eigenvalue weighted by Gasteiger charge is -2.15. The molecule has 4 rings (SSSR count). The van der Waals surface area contributed by atoms with Crippen LogP contribution in [0.1, 0.15) is 16.7 Å². The van der Waals surface area contributed by atoms with E-state index < -0.39 is 0 Å². The number of carbonyl (C=O) groups is 1. The monoisotopic (exact) mass is 525 g/mol. The van der Waals surface area contributed by atoms with Crippen LogP contribution in [0.3, 0.4) is 0 Å². The van der Waals surface area contributed by atoms with Crippen LogP contribution in [0.5, 0.6) is 11.5 Å². The molecule has 1 aliphatic rings. The lowest BCUT2D eigenvalue weighted by Crippen LogP contribution is -2.27. The summed E-state index contributed by atoms with van der Waals surface area (Å²) in [5.41, 5.74) is 3.72. The van der Waals surface area contributed by atoms with Gasteiger partial charge in [-0.1, -0.05) is 66.4 Å². The van der Waals surface area contributed by atoms with Crippen molar-refractivity contribution in [2.45, 2.75) is 13.5 Å². The average Bonchev–Trinajstić information content (AvgIpc) is 3.06. The number of nitrogens with zero attached hydrogens (tertiary/aromatic N) is 1. The van der Waals surface area contributed by atoms with Crippen molar-refractivity contribution in [3.8, 4) is 11.5 Å². The number of aryl methyl sites for hydroxylation is 1. The van der Waals surface area contributed by atoms with Crippen molar-refractivity contribution in [3.05, 3.63) is 92.8 Å². The van der Waals surface area contributed by atoms with E-state index in [-0.39, 0.29) is 5.91 Å². The summed E-state index contributed by atoms with van der Waals surface area (Å²) >= 11 is 10.4. The molecule has 1 amide bonds. The quantitative estimate of drug-likeness (QED) is 0.263. The molecule has 0 atom stereocenters. The second kappa shape index (κ2) is 9.90. The number of halogens is 1. The zero-order chi connectivity index (χ0) is 22.7. The van der Waals surface area contributed by atoms with E-state index in [0.717, 1.165) is 26.9 Å². The molecule has 1 fully saturated rings. The van der Waals surface area contributed by atoms with Crippen LogP contribution in [0.2, 0.25) is 0 Å². The van der Waals surface area contributed by atoms with E-state index in [9.17, 15) is 4.79 Å². The number of thioether (sulfide) groups is 1. The summed E-state index contributed by atoms with van der Waals surface area (Å²) in [6, 6.07) is 21.4. The summed E-state index contributed by atoms with van der Waals surface area (Å²) in [7, 11) is 1.60. The van der Waals surface area contributed by atoms with E-state index in [1.165, 1.54) is 11.8 Å². The molecule has 0 aliphatic carbocycles. The molecule has 0 N–H and O–H groups in total. The largest absolute Gasteiger partial charge is 0.493 e. The maximum atomic E-state index is 13.1. The Bertz CT molecular complexity index is 1210. The first-order chi connectivity index (χ1) is 15.5. The van der Waals surface area contributed by atoms with Crippen molar-refractivity contribution in [1.82, 2.24) is 0 Å². The number of benzene rings is 3. The standard InChI is InChI=1S/C25H20BrNO3S2/c1-16-7-6-10-19(11-16)27-24(28)22(32-25(27)31)14-18-12-20(26)23(21(13-18)29-2)30-15-17-8-4-3-5-9-17/h3-14H,15H2,1-2H3/b22-14-. The van der Waals surface area contributed by atoms with Gasteiger partial charge in [-0.15, -0.1) is 0 Å². The molecule has 1 aliphatic heterocycles. The lowest BCUT2D eigenvalue weighted by molar-refractivity contribution is -0.113. The van der Waals surface area contributed by atoms with Crippen molar-refractivity contribution in [1.29, 1.82) is 0 Å². The van der Waals surface area contributed by atoms with E-state index in [0.29, 0.717) is 27.3 Å². The fourth-order valence-corrected chi connectivity index (χ4v) is 5.17. The Balaban J connectivity index is 1.59. The summed E-state index contributed by atoms with van der Waals surface area (Å²) in [6.45, 7) is 2.41. The SMILES string of the molecule is COc1cc(/C=C2\SC(=S)N(c3cccc(C)c3)C2=O)cc(Br)c1OCc1ccccc1. The molecule has 3 aromatic rings. The van der Waals surface area contributed by atoms with E-state index >= 15 is 0 Å². The van der Waals surface area contributed by atoms with Crippen LogP contribution >= 0.6 is 39.9 Å². The average molecular weight is 526 g/mol. The smallest absolute Gasteiger partial charge is 0.270 e. The Morgan fingerprint density at radius 3 is 2.59 bits per heavy atom. The number of rotatable bonds is 6. The number of amides is 1. The highest BCUT2D eigenvalue weighted by atomic mass is 79.9. The van der Waals surface area contributed by atoms with E-state index in [4.69, 9.17) is 21.7 Å². The number of thiocarbonyl (C=S) groups is 1. The number of carbonyl (C=O) groups excluding carboxylic acids is 1. The second-order valence-electron chi connectivity index (χ2n) is 7.16. The van der Waals surface area contributed by atoms with Crippen LogP contribution in [-0.4, -0.2) is 17.3 Å². The van der Waals surface area contributed by atoms with Crippen LogP contribution in [-0.2, 0) is 11.4 Å². The third kappa shape index (κ3) is 4.90. The molecule has 0 bridgehead atoms. The van der Waals surface area contributed by atoms with E-state index in [2.05, 4.69) is 15.9 Å². The highest BCUT2D eigenvalue weighted by molar-refractivity contribution is 9.10. The molecule has 7 heteroatoms. The number of ether oxygens (including phenoxy) is 2. The third-order valence-corrected chi connectivity index (χ3v) is 6.72. The molecule has 0 saturated carbocycles. The lowest BCUT2D eigenvalue weighted by atomic mass is 10.1. The van der Waals surface area contributed by atoms with Crippen LogP contribution in [0.25, 0.3) is 6.08 Å². The third-order valence-electron chi connectivity index (χ3n) is 4.83. The molecule has 32 heavy (non-hydrogen) atoms. The summed E-state index contributed by atoms with van der Waals surface area (Å²) in [5, 5.41) is 0. The van der Waals surface area contributed by atoms with Gasteiger partial charge in [0.1, 0.15) is 6.61 Å². The predicted octanol–water partition coefficient (Wildman–Crippen LogP) is 6.75. The van der Waals surface area contributed by atoms with Gasteiger partial charge in [-0.3, -0.25) is 9.69 Å². The molecule has 0 aromatic heterocycles. The summed E-state index contributed by atoms with van der Waals surface area (Å²) in [5.74, 6) is 1.06. The Morgan fingerprint density at radius 2 is 1.88 bits per heavy atom. The number of methoxy groups -OCH3 is 1. The second-order valence-corrected chi connectivity index (χ2v) is 9.69. The van der Waals surface area contributed by atoms with Gasteiger partial charge in [-0.25, -0.2) is 0 Å². The maximum Gasteiger partial charge on any atom is 0.270 e. The van der Waals surface area contributed by atoms with Crippen molar-refractivity contribution in [2.75, 3.05) is 12.0 Å². The molecular formula is C25H20BrNO3S2. The van der Waals surface area contributed by atoms with Crippen LogP contribution < -0.4 is 14.4 Å². The van der Waals surface area contributed by atoms with E-state index in [1.54, 1.807) is 12.0 Å². The highest BCUT2D eigenvalue weighted by Crippen LogP contribution is 2.40. The highest BCUT2D eigenvalue weighted by Gasteiger charge is 2.33. The molecule has 4 nitrogen and oxygen atoms in total. The fourth-order valence-electron chi connectivity index (χ4n) is 3.30. The minimum absolute atomic E-state index is 0.134. The first-order valence-corrected chi connectivity index (χ1v) is 11.9. The molecule has 1 saturated heterocycles. The molecule has 3 aromatic carbocycles. The molecule has 0 radical (unpaired) electrons. The van der Waals surface area contributed by atoms with Gasteiger partial charge >= 0.3 is 0 Å². The molecule has 0 spiro atoms. The van der Waals surface area contributed by atoms with Gasteiger partial charge in [-0.2, -0.15) is 0 Å². The maximum absolute atomic E-state index is 13.1. The molecule has 0 unspecified atom stereocenters. The topological polar surface area (TPSA) is 38.8 Å². The van der Waals surface area contributed by atoms with Crippen LogP contribution in [0.4, 0.5) is 5.69 Å². The van der Waals surface area contributed by atoms with Crippen molar-refractivity contribution >= 4 is 61.9 Å². The van der Waals surface area contributed by atoms with Crippen LogP contribution in [0, 0.1) is 6.92 Å². The normalized spacial score (nSPS) is 14.8. The summed E-state index contributed by atoms with van der Waals surface area (Å²) in [6.07, 6.45) is 1.82. The number of hydrogen-bond donors (Lipinski definition) is 0. The Hall–Kier alpha value is -2.61. The molecule has 162 valence electrons. The van der Waals surface area contributed by atoms with Gasteiger partial charge in [0.25, 0.3) is 5.91 Å². The van der Waals surface area contributed by atoms with Gasteiger partial charge in [0.15, 0.2) is 15.8 Å². The van der Waals surface area contributed by atoms with Crippen molar-refractivity contribution in [3.63, 3.8) is 0 Å². The van der Waals surface area contributed by atoms with Crippen molar-refractivity contribution < 1.29 is 14.3 Å². The zero-order valence-electron chi connectivity index (χ0n) is 17.5. The molecular weight excluding hydrogens is 506 g/mol. The fraction of sp³-hybridized carbons (Fsp3) is 0.120. The van der Waals surface area contributed by atoms with Gasteiger partial charge < -0.3 is 9.47 Å². The Labute approximate surface area is 205 Å². The Morgan fingerprint density at radius 1 is 1.09 bits per heavy atom. The van der Waals surface area contributed by atoms with Gasteiger partial charge in [0.2, 0.25) is 0 Å². The number of anilines is 1. The molecule has 1 heterocycles. The zero-order valence-corrected chi connectivity index (χ0v) is 20.7. The first-order valence-electron chi connectivity index (χ1n) is 9.85. The minimum Gasteiger partial charge on any atom is -0.493 e. The first kappa shape index (κ1) is 22.6. The van der Waals surface area contributed by atoms with Gasteiger partial charge in [0.05, 0.1) is 22.2 Å². The Kier molecular flexibility index (Phi) is 6.98. The van der Waals surface area contributed by atoms with Gasteiger partial charge in [0, 0.05) is 0 Å². The predicted molar refractivity (Wildman–Crippen MR) is 138 cm³/mol. The number of hydrogen-bond acceptors (Lipinski definition) is 5. The summed E-state index contributed by atoms with van der Waals surface area (Å²) < 4.78 is 12.8. The summed E-state index contributed by atoms with van der Waals surface area (Å²) in [4.78, 5) is 15.2. The van der Waals surface area contributed by atoms with Crippen molar-refractivity contribution in [2.24, 2.45) is 0 Å². The minimum atomic E-state index is -0.134. The van der Waals surface area contributed by atoms with Gasteiger partial charge in [-0.05, 0) is 69.9 Å². The van der Waals surface area contributed by atoms with E-state index in [1.807, 2.05) is 79.7 Å².